The van der Waals surface area contributed by atoms with Gasteiger partial charge in [-0.05, 0) is 37.5 Å². The van der Waals surface area contributed by atoms with Crippen molar-refractivity contribution in [2.24, 2.45) is 0 Å². The zero-order valence-electron chi connectivity index (χ0n) is 14.1. The van der Waals surface area contributed by atoms with Crippen molar-refractivity contribution in [1.29, 1.82) is 0 Å². The van der Waals surface area contributed by atoms with Crippen LogP contribution in [0.4, 0.5) is 5.13 Å². The normalized spacial score (nSPS) is 11.0. The number of carbonyl (C=O) groups is 1. The smallest absolute Gasteiger partial charge is 0.293 e. The summed E-state index contributed by atoms with van der Waals surface area (Å²) in [6, 6.07) is 4.89. The summed E-state index contributed by atoms with van der Waals surface area (Å²) in [6.45, 7) is 5.85. The number of hydrogen-bond donors (Lipinski definition) is 1. The van der Waals surface area contributed by atoms with Gasteiger partial charge >= 0.3 is 0 Å². The molecule has 1 aromatic carbocycles. The molecule has 0 saturated heterocycles. The van der Waals surface area contributed by atoms with Gasteiger partial charge in [-0.2, -0.15) is 0 Å². The minimum atomic E-state index is -0.512. The molecule has 6 nitrogen and oxygen atoms in total. The van der Waals surface area contributed by atoms with E-state index in [0.29, 0.717) is 16.1 Å². The molecular weight excluding hydrogens is 358 g/mol. The van der Waals surface area contributed by atoms with Gasteiger partial charge in [-0.1, -0.05) is 36.1 Å². The van der Waals surface area contributed by atoms with E-state index in [1.54, 1.807) is 17.8 Å². The van der Waals surface area contributed by atoms with Crippen molar-refractivity contribution < 1.29 is 9.21 Å². The van der Waals surface area contributed by atoms with Gasteiger partial charge in [0.1, 0.15) is 5.58 Å². The lowest BCUT2D eigenvalue weighted by molar-refractivity contribution is 0.0997. The molecule has 0 radical (unpaired) electrons. The van der Waals surface area contributed by atoms with Crippen LogP contribution in [0, 0.1) is 13.8 Å². The number of nitrogens with one attached hydrogen (secondary N) is 1. The molecule has 0 aliphatic heterocycles. The number of amides is 1. The lowest BCUT2D eigenvalue weighted by atomic mass is 10.1. The number of benzene rings is 1. The molecule has 3 aromatic rings. The Labute approximate surface area is 152 Å². The monoisotopic (exact) mass is 375 g/mol. The van der Waals surface area contributed by atoms with Crippen LogP contribution in [0.2, 0.25) is 0 Å². The maximum Gasteiger partial charge on any atom is 0.293 e. The summed E-state index contributed by atoms with van der Waals surface area (Å²) in [6.07, 6.45) is 1.03. The first-order valence-corrected chi connectivity index (χ1v) is 9.61. The second kappa shape index (κ2) is 7.37. The fraction of sp³-hybridized carbons (Fsp3) is 0.294. The maximum absolute atomic E-state index is 12.4. The minimum Gasteiger partial charge on any atom is -0.450 e. The van der Waals surface area contributed by atoms with E-state index in [1.807, 2.05) is 19.9 Å². The molecule has 3 rings (SSSR count). The van der Waals surface area contributed by atoms with Gasteiger partial charge in [-0.25, -0.2) is 0 Å². The highest BCUT2D eigenvalue weighted by molar-refractivity contribution is 8.01. The van der Waals surface area contributed by atoms with Gasteiger partial charge in [0.25, 0.3) is 5.91 Å². The third-order valence-corrected chi connectivity index (χ3v) is 5.62. The van der Waals surface area contributed by atoms with Crippen molar-refractivity contribution in [2.45, 2.75) is 31.5 Å². The maximum atomic E-state index is 12.4. The number of rotatable bonds is 5. The molecule has 8 heteroatoms. The lowest BCUT2D eigenvalue weighted by Crippen LogP contribution is -2.15. The summed E-state index contributed by atoms with van der Waals surface area (Å²) in [5, 5.41) is 11.5. The fourth-order valence-corrected chi connectivity index (χ4v) is 4.06. The Morgan fingerprint density at radius 1 is 1.28 bits per heavy atom. The van der Waals surface area contributed by atoms with Crippen molar-refractivity contribution in [3.63, 3.8) is 0 Å². The molecule has 2 aromatic heterocycles. The molecule has 2 heterocycles. The molecule has 0 unspecified atom stereocenters. The van der Waals surface area contributed by atoms with Crippen molar-refractivity contribution in [1.82, 2.24) is 10.2 Å². The Kier molecular flexibility index (Phi) is 5.19. The average Bonchev–Trinajstić information content (AvgIpc) is 3.01. The van der Waals surface area contributed by atoms with E-state index in [0.717, 1.165) is 27.6 Å². The van der Waals surface area contributed by atoms with Gasteiger partial charge in [0.05, 0.1) is 5.39 Å². The van der Waals surface area contributed by atoms with Crippen LogP contribution >= 0.6 is 23.1 Å². The van der Waals surface area contributed by atoms with Crippen LogP contribution in [0.15, 0.2) is 31.8 Å². The number of aromatic nitrogens is 2. The van der Waals surface area contributed by atoms with Crippen LogP contribution in [-0.4, -0.2) is 21.9 Å². The van der Waals surface area contributed by atoms with Crippen LogP contribution in [-0.2, 0) is 0 Å². The Bertz CT molecular complexity index is 994. The van der Waals surface area contributed by atoms with E-state index in [9.17, 15) is 9.59 Å². The fourth-order valence-electron chi connectivity index (χ4n) is 2.39. The molecule has 0 aliphatic carbocycles. The van der Waals surface area contributed by atoms with E-state index in [4.69, 9.17) is 4.42 Å². The number of hydrogen-bond acceptors (Lipinski definition) is 7. The molecule has 1 amide bonds. The largest absolute Gasteiger partial charge is 0.450 e. The summed E-state index contributed by atoms with van der Waals surface area (Å²) in [4.78, 5) is 24.7. The van der Waals surface area contributed by atoms with Crippen molar-refractivity contribution >= 4 is 45.1 Å². The topological polar surface area (TPSA) is 85.1 Å². The molecule has 0 fully saturated rings. The Hall–Kier alpha value is -2.19. The summed E-state index contributed by atoms with van der Waals surface area (Å²) >= 11 is 2.89. The Morgan fingerprint density at radius 3 is 2.84 bits per heavy atom. The zero-order chi connectivity index (χ0) is 18.0. The summed E-state index contributed by atoms with van der Waals surface area (Å²) < 4.78 is 6.47. The molecular formula is C17H17N3O3S2. The van der Waals surface area contributed by atoms with E-state index in [-0.39, 0.29) is 11.2 Å². The highest BCUT2D eigenvalue weighted by Crippen LogP contribution is 2.26. The van der Waals surface area contributed by atoms with Gasteiger partial charge in [0.2, 0.25) is 5.13 Å². The molecule has 25 heavy (non-hydrogen) atoms. The Balaban J connectivity index is 1.87. The van der Waals surface area contributed by atoms with E-state index in [2.05, 4.69) is 22.4 Å². The molecule has 130 valence electrons. The quantitative estimate of drug-likeness (QED) is 0.536. The predicted molar refractivity (Wildman–Crippen MR) is 101 cm³/mol. The SMILES string of the molecule is CCCSc1nnc(NC(=O)c2cc(=O)c3cc(C)cc(C)c3o2)s1. The lowest BCUT2D eigenvalue weighted by Gasteiger charge is -2.06. The summed E-state index contributed by atoms with van der Waals surface area (Å²) in [7, 11) is 0. The number of nitrogens with zero attached hydrogens (tertiary/aromatic N) is 2. The van der Waals surface area contributed by atoms with Crippen LogP contribution in [0.1, 0.15) is 35.0 Å². The standard InChI is InChI=1S/C17H17N3O3S2/c1-4-5-24-17-20-19-16(25-17)18-15(22)13-8-12(21)11-7-9(2)6-10(3)14(11)23-13/h6-8H,4-5H2,1-3H3,(H,18,19,22). The number of thioether (sulfide) groups is 1. The van der Waals surface area contributed by atoms with Gasteiger partial charge < -0.3 is 4.42 Å². The number of aryl methyl sites for hydroxylation is 2. The molecule has 0 spiro atoms. The molecule has 0 aliphatic rings. The first kappa shape index (κ1) is 17.6. The van der Waals surface area contributed by atoms with Crippen molar-refractivity contribution in [3.8, 4) is 0 Å². The van der Waals surface area contributed by atoms with Gasteiger partial charge in [-0.15, -0.1) is 10.2 Å². The second-order valence-corrected chi connectivity index (χ2v) is 7.93. The van der Waals surface area contributed by atoms with Crippen LogP contribution in [0.5, 0.6) is 0 Å². The van der Waals surface area contributed by atoms with Gasteiger partial charge in [0.15, 0.2) is 15.5 Å². The number of fused-ring (bicyclic) bond motifs is 1. The van der Waals surface area contributed by atoms with E-state index >= 15 is 0 Å². The molecule has 0 atom stereocenters. The Morgan fingerprint density at radius 2 is 2.08 bits per heavy atom. The molecule has 0 bridgehead atoms. The minimum absolute atomic E-state index is 0.0394. The first-order chi connectivity index (χ1) is 12.0. The second-order valence-electron chi connectivity index (χ2n) is 5.61. The van der Waals surface area contributed by atoms with Crippen LogP contribution < -0.4 is 10.7 Å². The summed E-state index contributed by atoms with van der Waals surface area (Å²) in [5.41, 5.74) is 1.98. The highest BCUT2D eigenvalue weighted by Gasteiger charge is 2.16. The van der Waals surface area contributed by atoms with Gasteiger partial charge in [-0.3, -0.25) is 14.9 Å². The molecule has 1 N–H and O–H groups in total. The zero-order valence-corrected chi connectivity index (χ0v) is 15.7. The third kappa shape index (κ3) is 3.91. The van der Waals surface area contributed by atoms with E-state index in [1.165, 1.54) is 17.4 Å². The summed E-state index contributed by atoms with van der Waals surface area (Å²) in [5.74, 6) is 0.394. The van der Waals surface area contributed by atoms with E-state index < -0.39 is 5.91 Å². The number of carbonyl (C=O) groups excluding carboxylic acids is 1. The van der Waals surface area contributed by atoms with Crippen molar-refractivity contribution in [2.75, 3.05) is 11.1 Å². The third-order valence-electron chi connectivity index (χ3n) is 3.44. The predicted octanol–water partition coefficient (Wildman–Crippen LogP) is 4.02. The average molecular weight is 375 g/mol. The number of anilines is 1. The highest BCUT2D eigenvalue weighted by atomic mass is 32.2. The van der Waals surface area contributed by atoms with Crippen LogP contribution in [0.3, 0.4) is 0 Å². The van der Waals surface area contributed by atoms with Crippen molar-refractivity contribution in [3.05, 3.63) is 45.3 Å². The molecule has 0 saturated carbocycles. The van der Waals surface area contributed by atoms with Crippen LogP contribution in [0.25, 0.3) is 11.0 Å². The van der Waals surface area contributed by atoms with Gasteiger partial charge in [0, 0.05) is 11.8 Å². The first-order valence-electron chi connectivity index (χ1n) is 7.80.